The van der Waals surface area contributed by atoms with Crippen LogP contribution < -0.4 is 11.1 Å². The molecule has 1 unspecified atom stereocenters. The molecule has 0 radical (unpaired) electrons. The summed E-state index contributed by atoms with van der Waals surface area (Å²) >= 11 is 6.94. The molecule has 0 spiro atoms. The topological polar surface area (TPSA) is 58.4 Å². The Morgan fingerprint density at radius 3 is 2.67 bits per heavy atom. The Morgan fingerprint density at radius 1 is 1.50 bits per heavy atom. The minimum Gasteiger partial charge on any atom is -0.391 e. The quantitative estimate of drug-likeness (QED) is 0.750. The van der Waals surface area contributed by atoms with Gasteiger partial charge in [-0.15, -0.1) is 11.8 Å². The van der Waals surface area contributed by atoms with Crippen LogP contribution in [-0.4, -0.2) is 52.5 Å². The zero-order valence-electron chi connectivity index (χ0n) is 10.8. The van der Waals surface area contributed by atoms with E-state index >= 15 is 0 Å². The summed E-state index contributed by atoms with van der Waals surface area (Å²) in [7, 11) is 2.08. The molecular formula is C12H21N3OS2. The normalized spacial score (nSPS) is 27.9. The predicted octanol–water partition coefficient (Wildman–Crippen LogP) is 0.749. The second-order valence-corrected chi connectivity index (χ2v) is 6.99. The van der Waals surface area contributed by atoms with E-state index in [-0.39, 0.29) is 11.2 Å². The fourth-order valence-electron chi connectivity index (χ4n) is 2.53. The number of rotatable bonds is 3. The molecule has 2 aliphatic heterocycles. The maximum absolute atomic E-state index is 12.2. The van der Waals surface area contributed by atoms with Crippen molar-refractivity contribution < 1.29 is 4.79 Å². The molecule has 18 heavy (non-hydrogen) atoms. The van der Waals surface area contributed by atoms with Crippen molar-refractivity contribution in [3.63, 3.8) is 0 Å². The molecule has 6 heteroatoms. The first-order valence-corrected chi connectivity index (χ1v) is 7.91. The zero-order chi connectivity index (χ0) is 13.2. The van der Waals surface area contributed by atoms with Gasteiger partial charge in [-0.3, -0.25) is 4.79 Å². The molecule has 1 amide bonds. The number of amides is 1. The van der Waals surface area contributed by atoms with Crippen LogP contribution in [0.2, 0.25) is 0 Å². The minimum atomic E-state index is -0.456. The number of hydrogen-bond donors (Lipinski definition) is 2. The number of carbonyl (C=O) groups is 1. The van der Waals surface area contributed by atoms with Gasteiger partial charge < -0.3 is 16.0 Å². The van der Waals surface area contributed by atoms with Gasteiger partial charge in [-0.1, -0.05) is 12.2 Å². The lowest BCUT2D eigenvalue weighted by Gasteiger charge is -2.41. The number of thioether (sulfide) groups is 1. The average molecular weight is 287 g/mol. The molecule has 0 aliphatic carbocycles. The molecule has 2 saturated heterocycles. The standard InChI is InChI=1S/C12H21N3OS2/c1-15-6-4-12(5-7-15,11(13)17)14-10(16)9-3-2-8-18-9/h9H,2-8H2,1H3,(H2,13,17)(H,14,16). The lowest BCUT2D eigenvalue weighted by molar-refractivity contribution is -0.122. The second kappa shape index (κ2) is 5.75. The van der Waals surface area contributed by atoms with Gasteiger partial charge in [0.2, 0.25) is 5.91 Å². The fourth-order valence-corrected chi connectivity index (χ4v) is 3.95. The molecule has 0 aromatic carbocycles. The lowest BCUT2D eigenvalue weighted by atomic mass is 9.87. The largest absolute Gasteiger partial charge is 0.391 e. The van der Waals surface area contributed by atoms with E-state index in [9.17, 15) is 4.79 Å². The van der Waals surface area contributed by atoms with Crippen LogP contribution in [0.3, 0.4) is 0 Å². The maximum Gasteiger partial charge on any atom is 0.233 e. The van der Waals surface area contributed by atoms with Crippen molar-refractivity contribution in [1.29, 1.82) is 0 Å². The molecule has 2 fully saturated rings. The third kappa shape index (κ3) is 2.97. The third-order valence-electron chi connectivity index (χ3n) is 3.90. The predicted molar refractivity (Wildman–Crippen MR) is 79.9 cm³/mol. The molecule has 0 bridgehead atoms. The maximum atomic E-state index is 12.2. The highest BCUT2D eigenvalue weighted by Gasteiger charge is 2.39. The van der Waals surface area contributed by atoms with Crippen LogP contribution in [0.25, 0.3) is 0 Å². The molecule has 0 aromatic heterocycles. The molecule has 3 N–H and O–H groups in total. The Balaban J connectivity index is 2.01. The van der Waals surface area contributed by atoms with Gasteiger partial charge in [0.05, 0.1) is 15.8 Å². The number of carbonyl (C=O) groups excluding carboxylic acids is 1. The number of nitrogens with one attached hydrogen (secondary N) is 1. The molecule has 0 aromatic rings. The van der Waals surface area contributed by atoms with Crippen LogP contribution in [0.1, 0.15) is 25.7 Å². The van der Waals surface area contributed by atoms with Crippen molar-refractivity contribution in [2.24, 2.45) is 5.73 Å². The van der Waals surface area contributed by atoms with Crippen LogP contribution in [0, 0.1) is 0 Å². The Morgan fingerprint density at radius 2 is 2.17 bits per heavy atom. The van der Waals surface area contributed by atoms with Crippen molar-refractivity contribution in [3.8, 4) is 0 Å². The van der Waals surface area contributed by atoms with Crippen LogP contribution in [0.15, 0.2) is 0 Å². The summed E-state index contributed by atoms with van der Waals surface area (Å²) in [4.78, 5) is 14.9. The fraction of sp³-hybridized carbons (Fsp3) is 0.833. The van der Waals surface area contributed by atoms with Gasteiger partial charge in [-0.2, -0.15) is 0 Å². The summed E-state index contributed by atoms with van der Waals surface area (Å²) in [5, 5.41) is 3.24. The first-order valence-electron chi connectivity index (χ1n) is 6.46. The van der Waals surface area contributed by atoms with Gasteiger partial charge in [0.15, 0.2) is 0 Å². The Hall–Kier alpha value is -0.330. The van der Waals surface area contributed by atoms with Crippen molar-refractivity contribution in [2.75, 3.05) is 25.9 Å². The highest BCUT2D eigenvalue weighted by molar-refractivity contribution is 8.00. The minimum absolute atomic E-state index is 0.0934. The van der Waals surface area contributed by atoms with Crippen LogP contribution in [0.5, 0.6) is 0 Å². The molecule has 2 aliphatic rings. The molecular weight excluding hydrogens is 266 g/mol. The summed E-state index contributed by atoms with van der Waals surface area (Å²) in [5.41, 5.74) is 5.43. The highest BCUT2D eigenvalue weighted by atomic mass is 32.2. The van der Waals surface area contributed by atoms with E-state index in [2.05, 4.69) is 17.3 Å². The van der Waals surface area contributed by atoms with Crippen molar-refractivity contribution in [2.45, 2.75) is 36.5 Å². The van der Waals surface area contributed by atoms with Gasteiger partial charge in [0.1, 0.15) is 0 Å². The molecule has 4 nitrogen and oxygen atoms in total. The van der Waals surface area contributed by atoms with E-state index in [1.54, 1.807) is 11.8 Å². The van der Waals surface area contributed by atoms with E-state index in [1.165, 1.54) is 0 Å². The smallest absolute Gasteiger partial charge is 0.233 e. The van der Waals surface area contributed by atoms with Crippen molar-refractivity contribution in [3.05, 3.63) is 0 Å². The van der Waals surface area contributed by atoms with E-state index in [0.29, 0.717) is 4.99 Å². The highest BCUT2D eigenvalue weighted by Crippen LogP contribution is 2.28. The van der Waals surface area contributed by atoms with Crippen LogP contribution >= 0.6 is 24.0 Å². The van der Waals surface area contributed by atoms with Crippen molar-refractivity contribution in [1.82, 2.24) is 10.2 Å². The first-order chi connectivity index (χ1) is 8.53. The summed E-state index contributed by atoms with van der Waals surface area (Å²) in [6, 6.07) is 0. The first kappa shape index (κ1) is 14.1. The molecule has 1 atom stereocenters. The third-order valence-corrected chi connectivity index (χ3v) is 5.66. The van der Waals surface area contributed by atoms with E-state index in [1.807, 2.05) is 0 Å². The Bertz CT molecular complexity index is 334. The molecule has 102 valence electrons. The lowest BCUT2D eigenvalue weighted by Crippen LogP contribution is -2.62. The van der Waals surface area contributed by atoms with E-state index in [4.69, 9.17) is 18.0 Å². The zero-order valence-corrected chi connectivity index (χ0v) is 12.4. The summed E-state index contributed by atoms with van der Waals surface area (Å²) in [6.07, 6.45) is 3.75. The Labute approximate surface area is 118 Å². The number of hydrogen-bond acceptors (Lipinski definition) is 4. The van der Waals surface area contributed by atoms with Gasteiger partial charge >= 0.3 is 0 Å². The number of nitrogens with two attached hydrogens (primary N) is 1. The summed E-state index contributed by atoms with van der Waals surface area (Å²) in [6.45, 7) is 1.85. The van der Waals surface area contributed by atoms with Crippen LogP contribution in [-0.2, 0) is 4.79 Å². The number of nitrogens with zero attached hydrogens (tertiary/aromatic N) is 1. The Kier molecular flexibility index (Phi) is 4.50. The van der Waals surface area contributed by atoms with Gasteiger partial charge in [-0.25, -0.2) is 0 Å². The van der Waals surface area contributed by atoms with Crippen LogP contribution in [0.4, 0.5) is 0 Å². The van der Waals surface area contributed by atoms with Gasteiger partial charge in [-0.05, 0) is 38.5 Å². The molecule has 0 saturated carbocycles. The van der Waals surface area contributed by atoms with E-state index in [0.717, 1.165) is 44.5 Å². The summed E-state index contributed by atoms with van der Waals surface area (Å²) < 4.78 is 0. The van der Waals surface area contributed by atoms with E-state index < -0.39 is 5.54 Å². The number of thiocarbonyl (C=S) groups is 1. The average Bonchev–Trinajstić information content (AvgIpc) is 2.85. The molecule has 2 heterocycles. The monoisotopic (exact) mass is 287 g/mol. The summed E-state index contributed by atoms with van der Waals surface area (Å²) in [5.74, 6) is 1.20. The van der Waals surface area contributed by atoms with Crippen molar-refractivity contribution >= 4 is 34.9 Å². The number of piperidine rings is 1. The number of likely N-dealkylation sites (tertiary alicyclic amines) is 1. The molecule has 2 rings (SSSR count). The second-order valence-electron chi connectivity index (χ2n) is 5.24. The van der Waals surface area contributed by atoms with Gasteiger partial charge in [0, 0.05) is 13.1 Å². The SMILES string of the molecule is CN1CCC(NC(=O)C2CCCS2)(C(N)=S)CC1. The van der Waals surface area contributed by atoms with Gasteiger partial charge in [0.25, 0.3) is 0 Å².